The molecule has 3 heterocycles. The van der Waals surface area contributed by atoms with Crippen LogP contribution in [0.2, 0.25) is 0 Å². The van der Waals surface area contributed by atoms with E-state index < -0.39 is 0 Å². The molecule has 136 valence electrons. The molecule has 1 aliphatic heterocycles. The van der Waals surface area contributed by atoms with Crippen molar-refractivity contribution in [1.82, 2.24) is 19.5 Å². The van der Waals surface area contributed by atoms with Crippen LogP contribution in [0.1, 0.15) is 36.2 Å². The van der Waals surface area contributed by atoms with Gasteiger partial charge in [0.2, 0.25) is 5.91 Å². The predicted octanol–water partition coefficient (Wildman–Crippen LogP) is 1.65. The highest BCUT2D eigenvalue weighted by Gasteiger charge is 2.23. The molecule has 3 rings (SSSR count). The van der Waals surface area contributed by atoms with Gasteiger partial charge < -0.3 is 16.0 Å². The van der Waals surface area contributed by atoms with Crippen LogP contribution in [0.25, 0.3) is 5.65 Å². The summed E-state index contributed by atoms with van der Waals surface area (Å²) in [6.07, 6.45) is 2.99. The van der Waals surface area contributed by atoms with Crippen molar-refractivity contribution >= 4 is 17.4 Å². The average Bonchev–Trinajstić information content (AvgIpc) is 2.87. The molecule has 0 spiro atoms. The fourth-order valence-electron chi connectivity index (χ4n) is 3.49. The van der Waals surface area contributed by atoms with Crippen molar-refractivity contribution in [2.75, 3.05) is 31.5 Å². The number of carbonyl (C=O) groups is 1. The van der Waals surface area contributed by atoms with Crippen LogP contribution in [0.4, 0.5) is 5.82 Å². The number of nitrogens with zero attached hydrogens (tertiary/aromatic N) is 4. The lowest BCUT2D eigenvalue weighted by Crippen LogP contribution is -2.41. The van der Waals surface area contributed by atoms with Crippen LogP contribution < -0.4 is 11.1 Å². The zero-order valence-electron chi connectivity index (χ0n) is 15.4. The SMILES string of the molecule is Cc1cc(NCCCN2CCC[C@H](C(N)=O)C2)n2nc(C)c(C)c2n1. The van der Waals surface area contributed by atoms with E-state index in [1.807, 2.05) is 24.4 Å². The van der Waals surface area contributed by atoms with E-state index >= 15 is 0 Å². The quantitative estimate of drug-likeness (QED) is 0.778. The largest absolute Gasteiger partial charge is 0.370 e. The lowest BCUT2D eigenvalue weighted by atomic mass is 9.97. The monoisotopic (exact) mass is 344 g/mol. The average molecular weight is 344 g/mol. The predicted molar refractivity (Wildman–Crippen MR) is 98.7 cm³/mol. The third kappa shape index (κ3) is 3.92. The number of anilines is 1. The molecule has 0 aliphatic carbocycles. The summed E-state index contributed by atoms with van der Waals surface area (Å²) in [6, 6.07) is 2.03. The second-order valence-corrected chi connectivity index (χ2v) is 7.05. The first kappa shape index (κ1) is 17.7. The van der Waals surface area contributed by atoms with Gasteiger partial charge in [0.05, 0.1) is 11.6 Å². The van der Waals surface area contributed by atoms with Crippen molar-refractivity contribution in [2.24, 2.45) is 11.7 Å². The minimum absolute atomic E-state index is 0.0132. The fourth-order valence-corrected chi connectivity index (χ4v) is 3.49. The zero-order chi connectivity index (χ0) is 18.0. The third-order valence-electron chi connectivity index (χ3n) is 5.05. The molecule has 7 nitrogen and oxygen atoms in total. The molecule has 0 radical (unpaired) electrons. The molecule has 1 saturated heterocycles. The minimum Gasteiger partial charge on any atom is -0.370 e. The Labute approximate surface area is 148 Å². The summed E-state index contributed by atoms with van der Waals surface area (Å²) in [5.74, 6) is 0.827. The van der Waals surface area contributed by atoms with Crippen LogP contribution in [0.15, 0.2) is 6.07 Å². The summed E-state index contributed by atoms with van der Waals surface area (Å²) in [5, 5.41) is 8.07. The summed E-state index contributed by atoms with van der Waals surface area (Å²) in [4.78, 5) is 18.3. The summed E-state index contributed by atoms with van der Waals surface area (Å²) in [7, 11) is 0. The standard InChI is InChI=1S/C18H28N6O/c1-12-10-16(24-18(21-12)13(2)14(3)22-24)20-7-5-9-23-8-4-6-15(11-23)17(19)25/h10,15,20H,4-9,11H2,1-3H3,(H2,19,25)/t15-/m0/s1. The number of likely N-dealkylation sites (tertiary alicyclic amines) is 1. The van der Waals surface area contributed by atoms with Crippen LogP contribution in [0.5, 0.6) is 0 Å². The molecule has 1 fully saturated rings. The van der Waals surface area contributed by atoms with Gasteiger partial charge in [0.15, 0.2) is 5.65 Å². The lowest BCUT2D eigenvalue weighted by molar-refractivity contribution is -0.123. The molecular weight excluding hydrogens is 316 g/mol. The topological polar surface area (TPSA) is 88.5 Å². The van der Waals surface area contributed by atoms with Gasteiger partial charge in [-0.25, -0.2) is 4.98 Å². The number of carbonyl (C=O) groups excluding carboxylic acids is 1. The van der Waals surface area contributed by atoms with Crippen molar-refractivity contribution in [1.29, 1.82) is 0 Å². The maximum atomic E-state index is 11.4. The van der Waals surface area contributed by atoms with E-state index in [0.29, 0.717) is 0 Å². The van der Waals surface area contributed by atoms with Crippen molar-refractivity contribution in [2.45, 2.75) is 40.0 Å². The Balaban J connectivity index is 1.57. The van der Waals surface area contributed by atoms with E-state index in [4.69, 9.17) is 5.73 Å². The molecule has 0 bridgehead atoms. The van der Waals surface area contributed by atoms with Crippen molar-refractivity contribution in [3.8, 4) is 0 Å². The van der Waals surface area contributed by atoms with Gasteiger partial charge in [0.1, 0.15) is 5.82 Å². The molecule has 1 atom stereocenters. The lowest BCUT2D eigenvalue weighted by Gasteiger charge is -2.31. The Kier molecular flexibility index (Phi) is 5.22. The number of aromatic nitrogens is 3. The van der Waals surface area contributed by atoms with E-state index in [1.54, 1.807) is 0 Å². The molecule has 2 aromatic rings. The molecule has 1 amide bonds. The summed E-state index contributed by atoms with van der Waals surface area (Å²) in [6.45, 7) is 9.75. The van der Waals surface area contributed by atoms with E-state index in [-0.39, 0.29) is 11.8 Å². The Morgan fingerprint density at radius 2 is 2.20 bits per heavy atom. The molecule has 0 unspecified atom stereocenters. The molecule has 25 heavy (non-hydrogen) atoms. The van der Waals surface area contributed by atoms with Gasteiger partial charge in [-0.05, 0) is 53.1 Å². The van der Waals surface area contributed by atoms with Crippen molar-refractivity contribution < 1.29 is 4.79 Å². The normalized spacial score (nSPS) is 18.6. The third-order valence-corrected chi connectivity index (χ3v) is 5.05. The number of rotatable bonds is 6. The summed E-state index contributed by atoms with van der Waals surface area (Å²) in [5.41, 5.74) is 9.48. The minimum atomic E-state index is -0.165. The number of amides is 1. The van der Waals surface area contributed by atoms with Gasteiger partial charge in [-0.3, -0.25) is 4.79 Å². The number of hydrogen-bond donors (Lipinski definition) is 2. The Bertz CT molecular complexity index is 769. The Morgan fingerprint density at radius 3 is 2.96 bits per heavy atom. The van der Waals surface area contributed by atoms with Gasteiger partial charge in [0, 0.05) is 30.4 Å². The maximum Gasteiger partial charge on any atom is 0.221 e. The maximum absolute atomic E-state index is 11.4. The fraction of sp³-hybridized carbons (Fsp3) is 0.611. The molecule has 0 saturated carbocycles. The van der Waals surface area contributed by atoms with Crippen LogP contribution in [0.3, 0.4) is 0 Å². The zero-order valence-corrected chi connectivity index (χ0v) is 15.4. The number of aryl methyl sites for hydroxylation is 3. The van der Waals surface area contributed by atoms with Crippen molar-refractivity contribution in [3.05, 3.63) is 23.0 Å². The molecule has 0 aromatic carbocycles. The highest BCUT2D eigenvalue weighted by Crippen LogP contribution is 2.19. The number of nitrogens with one attached hydrogen (secondary N) is 1. The highest BCUT2D eigenvalue weighted by molar-refractivity contribution is 5.76. The first-order chi connectivity index (χ1) is 12.0. The number of fused-ring (bicyclic) bond motifs is 1. The molecule has 3 N–H and O–H groups in total. The van der Waals surface area contributed by atoms with Gasteiger partial charge in [-0.15, -0.1) is 0 Å². The first-order valence-electron chi connectivity index (χ1n) is 9.05. The number of primary amides is 1. The second kappa shape index (κ2) is 7.39. The van der Waals surface area contributed by atoms with Gasteiger partial charge in [-0.2, -0.15) is 9.61 Å². The molecule has 1 aliphatic rings. The van der Waals surface area contributed by atoms with Crippen LogP contribution in [0, 0.1) is 26.7 Å². The number of piperidine rings is 1. The molecule has 2 aromatic heterocycles. The van der Waals surface area contributed by atoms with E-state index in [9.17, 15) is 4.79 Å². The van der Waals surface area contributed by atoms with Gasteiger partial charge >= 0.3 is 0 Å². The summed E-state index contributed by atoms with van der Waals surface area (Å²) < 4.78 is 1.89. The van der Waals surface area contributed by atoms with Gasteiger partial charge in [0.25, 0.3) is 0 Å². The smallest absolute Gasteiger partial charge is 0.221 e. The van der Waals surface area contributed by atoms with E-state index in [1.165, 1.54) is 0 Å². The Morgan fingerprint density at radius 1 is 1.40 bits per heavy atom. The number of nitrogens with two attached hydrogens (primary N) is 1. The summed E-state index contributed by atoms with van der Waals surface area (Å²) >= 11 is 0. The van der Waals surface area contributed by atoms with E-state index in [2.05, 4.69) is 27.2 Å². The highest BCUT2D eigenvalue weighted by atomic mass is 16.1. The van der Waals surface area contributed by atoms with Crippen LogP contribution >= 0.6 is 0 Å². The van der Waals surface area contributed by atoms with Crippen LogP contribution in [-0.2, 0) is 4.79 Å². The molecular formula is C18H28N6O. The Hall–Kier alpha value is -2.15. The number of hydrogen-bond acceptors (Lipinski definition) is 5. The second-order valence-electron chi connectivity index (χ2n) is 7.05. The first-order valence-corrected chi connectivity index (χ1v) is 9.05. The van der Waals surface area contributed by atoms with Gasteiger partial charge in [-0.1, -0.05) is 0 Å². The van der Waals surface area contributed by atoms with Crippen LogP contribution in [-0.4, -0.2) is 51.6 Å². The van der Waals surface area contributed by atoms with E-state index in [0.717, 1.165) is 73.9 Å². The molecule has 7 heteroatoms. The van der Waals surface area contributed by atoms with Crippen molar-refractivity contribution in [3.63, 3.8) is 0 Å².